The van der Waals surface area contributed by atoms with Crippen LogP contribution in [0.2, 0.25) is 0 Å². The van der Waals surface area contributed by atoms with Crippen molar-refractivity contribution in [3.8, 4) is 61.9 Å². The van der Waals surface area contributed by atoms with Gasteiger partial charge < -0.3 is 14.0 Å². The summed E-state index contributed by atoms with van der Waals surface area (Å²) in [5.41, 5.74) is 16.8. The summed E-state index contributed by atoms with van der Waals surface area (Å²) in [4.78, 5) is 9.63. The summed E-state index contributed by atoms with van der Waals surface area (Å²) in [5, 5.41) is 1.06. The predicted molar refractivity (Wildman–Crippen MR) is 274 cm³/mol. The number of rotatable bonds is 9. The van der Waals surface area contributed by atoms with Crippen LogP contribution in [-0.4, -0.2) is 14.5 Å². The molecule has 0 spiro atoms. The van der Waals surface area contributed by atoms with E-state index in [1.165, 1.54) is 71.2 Å². The van der Waals surface area contributed by atoms with E-state index in [0.29, 0.717) is 5.92 Å². The van der Waals surface area contributed by atoms with Crippen molar-refractivity contribution in [1.29, 1.82) is 0 Å². The first-order valence-electron chi connectivity index (χ1n) is 23.6. The molecule has 67 heavy (non-hydrogen) atoms. The smallest absolute Gasteiger partial charge is 0.123 e. The van der Waals surface area contributed by atoms with Gasteiger partial charge in [-0.15, -0.1) is 47.5 Å². The van der Waals surface area contributed by atoms with Gasteiger partial charge in [0, 0.05) is 37.6 Å². The van der Waals surface area contributed by atoms with Crippen molar-refractivity contribution in [1.82, 2.24) is 14.5 Å². The third-order valence-corrected chi connectivity index (χ3v) is 13.1. The van der Waals surface area contributed by atoms with Crippen LogP contribution in [0.4, 0.5) is 0 Å². The van der Waals surface area contributed by atoms with Gasteiger partial charge in [-0.2, -0.15) is 0 Å². The number of nitrogens with zero attached hydrogens (tertiary/aromatic N) is 3. The van der Waals surface area contributed by atoms with Crippen LogP contribution in [-0.2, 0) is 20.1 Å². The molecule has 10 aromatic rings. The Bertz CT molecular complexity index is 3140. The second kappa shape index (κ2) is 20.5. The Kier molecular flexibility index (Phi) is 13.9. The van der Waals surface area contributed by atoms with Gasteiger partial charge in [-0.3, -0.25) is 4.98 Å². The molecule has 3 heterocycles. The molecule has 4 nitrogen and oxygen atoms in total. The summed E-state index contributed by atoms with van der Waals surface area (Å²) in [5.74, 6) is 2.92. The summed E-state index contributed by atoms with van der Waals surface area (Å²) < 4.78 is 9.12. The van der Waals surface area contributed by atoms with Gasteiger partial charge in [0.15, 0.2) is 0 Å². The van der Waals surface area contributed by atoms with Crippen molar-refractivity contribution < 1.29 is 24.5 Å². The van der Waals surface area contributed by atoms with Crippen molar-refractivity contribution >= 4 is 22.0 Å². The number of pyridine rings is 1. The van der Waals surface area contributed by atoms with E-state index >= 15 is 0 Å². The molecule has 1 aliphatic rings. The zero-order valence-electron chi connectivity index (χ0n) is 38.7. The minimum absolute atomic E-state index is 0. The number of hydrogen-bond donors (Lipinski definition) is 0. The number of aromatic nitrogens is 3. The monoisotopic (exact) mass is 1050 g/mol. The molecule has 0 atom stereocenters. The molecule has 5 heteroatoms. The van der Waals surface area contributed by atoms with E-state index in [4.69, 9.17) is 9.40 Å². The van der Waals surface area contributed by atoms with Gasteiger partial charge in [-0.25, -0.2) is 0 Å². The second-order valence-electron chi connectivity index (χ2n) is 18.2. The fraction of sp³-hybridized carbons (Fsp3) is 0.194. The van der Waals surface area contributed by atoms with E-state index in [2.05, 4.69) is 177 Å². The van der Waals surface area contributed by atoms with Crippen LogP contribution < -0.4 is 0 Å². The van der Waals surface area contributed by atoms with Crippen LogP contribution in [0.5, 0.6) is 0 Å². The van der Waals surface area contributed by atoms with E-state index in [0.717, 1.165) is 61.5 Å². The van der Waals surface area contributed by atoms with Gasteiger partial charge >= 0.3 is 0 Å². The SMILES string of the molecule is CC(C)c1cc(-c2ccccc2)cc(C(C)C)c1-n1c(-c2[c-]c3oc(-c4ccccc4)cc3c(-c3ccc(C4CCCCC4)cc3)c2)nc2ccccc21.[Ir].[c-]1ccccc1-c1ccccn1. The molecule has 1 fully saturated rings. The first kappa shape index (κ1) is 45.5. The molecule has 0 saturated heterocycles. The van der Waals surface area contributed by atoms with Crippen molar-refractivity contribution in [3.63, 3.8) is 0 Å². The Hall–Kier alpha value is -6.65. The summed E-state index contributed by atoms with van der Waals surface area (Å²) in [6, 6.07) is 68.9. The molecule has 1 aliphatic carbocycles. The van der Waals surface area contributed by atoms with Crippen LogP contribution in [0, 0.1) is 12.1 Å². The van der Waals surface area contributed by atoms with Crippen molar-refractivity contribution in [2.24, 2.45) is 0 Å². The second-order valence-corrected chi connectivity index (χ2v) is 18.2. The van der Waals surface area contributed by atoms with Gasteiger partial charge in [-0.1, -0.05) is 173 Å². The molecule has 0 aliphatic heterocycles. The fourth-order valence-electron chi connectivity index (χ4n) is 9.66. The molecule has 0 amide bonds. The summed E-state index contributed by atoms with van der Waals surface area (Å²) in [6.07, 6.45) is 8.38. The molecule has 3 aromatic heterocycles. The molecule has 0 unspecified atom stereocenters. The largest absolute Gasteiger partial charge is 0.477 e. The zero-order valence-corrected chi connectivity index (χ0v) is 41.1. The zero-order chi connectivity index (χ0) is 45.0. The van der Waals surface area contributed by atoms with Crippen LogP contribution in [0.3, 0.4) is 0 Å². The van der Waals surface area contributed by atoms with Gasteiger partial charge in [-0.05, 0) is 106 Å². The van der Waals surface area contributed by atoms with Crippen molar-refractivity contribution in [2.45, 2.75) is 77.6 Å². The number of furan rings is 1. The summed E-state index contributed by atoms with van der Waals surface area (Å²) in [6.45, 7) is 9.21. The minimum atomic E-state index is 0. The molecular formula is C62H55IrN3O-2. The van der Waals surface area contributed by atoms with E-state index in [9.17, 15) is 0 Å². The molecule has 0 bridgehead atoms. The van der Waals surface area contributed by atoms with Crippen molar-refractivity contribution in [2.75, 3.05) is 0 Å². The van der Waals surface area contributed by atoms with Crippen molar-refractivity contribution in [3.05, 3.63) is 211 Å². The predicted octanol–water partition coefficient (Wildman–Crippen LogP) is 17.1. The summed E-state index contributed by atoms with van der Waals surface area (Å²) in [7, 11) is 0. The third kappa shape index (κ3) is 9.63. The topological polar surface area (TPSA) is 43.9 Å². The maximum Gasteiger partial charge on any atom is 0.123 e. The number of para-hydroxylation sites is 2. The minimum Gasteiger partial charge on any atom is -0.477 e. The van der Waals surface area contributed by atoms with E-state index in [1.807, 2.05) is 48.5 Å². The Morgan fingerprint density at radius 3 is 1.91 bits per heavy atom. The molecule has 0 N–H and O–H groups in total. The standard InChI is InChI=1S/C51H47N2O.C11H8N.Ir/c1-33(2)42-28-40(36-18-10-6-11-19-36)29-43(34(3)4)50(42)53-47-23-15-14-22-46(47)52-51(53)41-30-44(38-26-24-37(25-27-38)35-16-8-5-9-17-35)45-32-48(54-49(45)31-41)39-20-12-7-13-21-39;1-2-6-10(7-3-1)11-8-4-5-9-12-11;/h6-7,10-15,18-30,32-35H,5,8-9,16-17H2,1-4H3;1-6,8-9H;/q2*-1;. The van der Waals surface area contributed by atoms with Crippen LogP contribution >= 0.6 is 0 Å². The van der Waals surface area contributed by atoms with Gasteiger partial charge in [0.05, 0.1) is 22.4 Å². The first-order chi connectivity index (χ1) is 32.4. The Balaban J connectivity index is 0.000000375. The number of benzene rings is 7. The normalized spacial score (nSPS) is 12.9. The maximum absolute atomic E-state index is 6.71. The number of hydrogen-bond acceptors (Lipinski definition) is 3. The molecule has 335 valence electrons. The van der Waals surface area contributed by atoms with Gasteiger partial charge in [0.25, 0.3) is 0 Å². The van der Waals surface area contributed by atoms with E-state index < -0.39 is 0 Å². The van der Waals surface area contributed by atoms with Gasteiger partial charge in [0.2, 0.25) is 0 Å². The summed E-state index contributed by atoms with van der Waals surface area (Å²) >= 11 is 0. The third-order valence-electron chi connectivity index (χ3n) is 13.1. The Morgan fingerprint density at radius 1 is 0.597 bits per heavy atom. The van der Waals surface area contributed by atoms with E-state index in [1.54, 1.807) is 6.20 Å². The molecule has 1 radical (unpaired) electrons. The Labute approximate surface area is 409 Å². The average Bonchev–Trinajstić information content (AvgIpc) is 4.00. The fourth-order valence-corrected chi connectivity index (χ4v) is 9.66. The average molecular weight is 1050 g/mol. The molecule has 1 saturated carbocycles. The molecule has 11 rings (SSSR count). The van der Waals surface area contributed by atoms with Crippen LogP contribution in [0.1, 0.15) is 94.2 Å². The maximum atomic E-state index is 6.71. The first-order valence-corrected chi connectivity index (χ1v) is 23.6. The van der Waals surface area contributed by atoms with E-state index in [-0.39, 0.29) is 31.9 Å². The van der Waals surface area contributed by atoms with Crippen LogP contribution in [0.15, 0.2) is 187 Å². The Morgan fingerprint density at radius 2 is 1.25 bits per heavy atom. The van der Waals surface area contributed by atoms with Gasteiger partial charge in [0.1, 0.15) is 5.76 Å². The molecular weight excluding hydrogens is 995 g/mol. The quantitative estimate of drug-likeness (QED) is 0.135. The van der Waals surface area contributed by atoms with Crippen LogP contribution in [0.25, 0.3) is 83.9 Å². The number of imidazole rings is 1. The number of fused-ring (bicyclic) bond motifs is 2. The molecule has 7 aromatic carbocycles.